The highest BCUT2D eigenvalue weighted by atomic mass is 16.4. The van der Waals surface area contributed by atoms with Gasteiger partial charge in [-0.25, -0.2) is 0 Å². The van der Waals surface area contributed by atoms with Gasteiger partial charge in [-0.3, -0.25) is 0 Å². The van der Waals surface area contributed by atoms with E-state index in [0.29, 0.717) is 19.3 Å². The quantitative estimate of drug-likeness (QED) is 0.485. The van der Waals surface area contributed by atoms with Crippen LogP contribution in [0.4, 0.5) is 0 Å². The minimum absolute atomic E-state index is 0.108. The molecule has 1 atom stereocenters. The van der Waals surface area contributed by atoms with E-state index in [1.54, 1.807) is 0 Å². The predicted molar refractivity (Wildman–Crippen MR) is 94.6 cm³/mol. The lowest BCUT2D eigenvalue weighted by Crippen LogP contribution is -2.33. The Hall–Kier alpha value is -1.84. The summed E-state index contributed by atoms with van der Waals surface area (Å²) in [5.74, 6) is -2.89. The highest BCUT2D eigenvalue weighted by Crippen LogP contribution is 2.20. The molecule has 0 saturated carbocycles. The number of carboxylic acid groups (broad SMARTS) is 2. The molecule has 1 rings (SSSR count). The third-order valence-electron chi connectivity index (χ3n) is 4.65. The van der Waals surface area contributed by atoms with E-state index in [1.807, 2.05) is 18.2 Å². The first-order valence-electron chi connectivity index (χ1n) is 9.52. The molecule has 0 heterocycles. The molecule has 0 aliphatic rings. The van der Waals surface area contributed by atoms with Crippen LogP contribution in [0.2, 0.25) is 0 Å². The Morgan fingerprint density at radius 3 is 2.20 bits per heavy atom. The molecule has 0 aliphatic heterocycles. The van der Waals surface area contributed by atoms with E-state index in [-0.39, 0.29) is 6.42 Å². The molecule has 0 amide bonds. The van der Waals surface area contributed by atoms with E-state index in [1.165, 1.54) is 37.7 Å². The zero-order chi connectivity index (χ0) is 18.5. The number of rotatable bonds is 14. The maximum atomic E-state index is 11.4. The van der Waals surface area contributed by atoms with E-state index in [4.69, 9.17) is 0 Å². The van der Waals surface area contributed by atoms with Crippen molar-refractivity contribution in [2.75, 3.05) is 0 Å². The van der Waals surface area contributed by atoms with Crippen LogP contribution >= 0.6 is 0 Å². The van der Waals surface area contributed by atoms with Gasteiger partial charge in [0.2, 0.25) is 0 Å². The average molecular weight is 346 g/mol. The van der Waals surface area contributed by atoms with Crippen LogP contribution in [0.25, 0.3) is 0 Å². The second kappa shape index (κ2) is 12.5. The van der Waals surface area contributed by atoms with Crippen LogP contribution in [0.5, 0.6) is 0 Å². The van der Waals surface area contributed by atoms with Crippen LogP contribution in [0.1, 0.15) is 75.8 Å². The minimum Gasteiger partial charge on any atom is -0.550 e. The van der Waals surface area contributed by atoms with Crippen LogP contribution in [-0.2, 0) is 22.4 Å². The Morgan fingerprint density at radius 2 is 1.56 bits per heavy atom. The molecule has 0 N–H and O–H groups in total. The summed E-state index contributed by atoms with van der Waals surface area (Å²) in [5.41, 5.74) is 2.24. The standard InChI is InChI=1S/C21H32O4/c1-2-3-4-5-6-7-11-17-12-8-9-13-18(17)16-19(21(24)25)14-10-15-20(22)23/h8-9,12-13,19H,2-7,10-11,14-16H2,1H3,(H,22,23)(H,24,25)/p-2. The first-order valence-corrected chi connectivity index (χ1v) is 9.52. The lowest BCUT2D eigenvalue weighted by atomic mass is 9.90. The summed E-state index contributed by atoms with van der Waals surface area (Å²) in [6.45, 7) is 2.21. The number of carbonyl (C=O) groups is 2. The maximum Gasteiger partial charge on any atom is 0.0448 e. The van der Waals surface area contributed by atoms with Gasteiger partial charge in [-0.1, -0.05) is 63.3 Å². The van der Waals surface area contributed by atoms with Gasteiger partial charge < -0.3 is 19.8 Å². The number of hydrogen-bond acceptors (Lipinski definition) is 4. The Morgan fingerprint density at radius 1 is 0.920 bits per heavy atom. The molecule has 0 aromatic heterocycles. The lowest BCUT2D eigenvalue weighted by molar-refractivity contribution is -0.313. The first kappa shape index (κ1) is 21.2. The van der Waals surface area contributed by atoms with Crippen molar-refractivity contribution in [3.8, 4) is 0 Å². The number of aryl methyl sites for hydroxylation is 1. The molecule has 1 unspecified atom stereocenters. The summed E-state index contributed by atoms with van der Waals surface area (Å²) in [4.78, 5) is 21.9. The first-order chi connectivity index (χ1) is 12.0. The molecule has 0 spiro atoms. The Balaban J connectivity index is 2.54. The molecular weight excluding hydrogens is 316 g/mol. The summed E-state index contributed by atoms with van der Waals surface area (Å²) in [7, 11) is 0. The fourth-order valence-corrected chi connectivity index (χ4v) is 3.16. The lowest BCUT2D eigenvalue weighted by Gasteiger charge is -2.20. The van der Waals surface area contributed by atoms with Gasteiger partial charge in [0, 0.05) is 17.9 Å². The monoisotopic (exact) mass is 346 g/mol. The van der Waals surface area contributed by atoms with Gasteiger partial charge in [-0.2, -0.15) is 0 Å². The van der Waals surface area contributed by atoms with Gasteiger partial charge in [0.05, 0.1) is 0 Å². The average Bonchev–Trinajstić information content (AvgIpc) is 2.57. The van der Waals surface area contributed by atoms with Crippen LogP contribution in [0.15, 0.2) is 24.3 Å². The van der Waals surface area contributed by atoms with E-state index >= 15 is 0 Å². The molecule has 0 saturated heterocycles. The van der Waals surface area contributed by atoms with Gasteiger partial charge >= 0.3 is 0 Å². The number of aliphatic carboxylic acids is 2. The third-order valence-corrected chi connectivity index (χ3v) is 4.65. The molecule has 0 radical (unpaired) electrons. The van der Waals surface area contributed by atoms with Gasteiger partial charge in [0.25, 0.3) is 0 Å². The molecular formula is C21H30O4-2. The van der Waals surface area contributed by atoms with Crippen LogP contribution in [-0.4, -0.2) is 11.9 Å². The van der Waals surface area contributed by atoms with Gasteiger partial charge in [0.1, 0.15) is 0 Å². The highest BCUT2D eigenvalue weighted by Gasteiger charge is 2.13. The minimum atomic E-state index is -1.14. The van der Waals surface area contributed by atoms with Crippen LogP contribution < -0.4 is 10.2 Å². The SMILES string of the molecule is CCCCCCCCc1ccccc1CC(CCCC(=O)[O-])C(=O)[O-]. The summed E-state index contributed by atoms with van der Waals surface area (Å²) >= 11 is 0. The smallest absolute Gasteiger partial charge is 0.0448 e. The maximum absolute atomic E-state index is 11.4. The molecule has 4 heteroatoms. The molecule has 1 aromatic rings. The van der Waals surface area contributed by atoms with Crippen molar-refractivity contribution < 1.29 is 19.8 Å². The number of hydrogen-bond donors (Lipinski definition) is 0. The van der Waals surface area contributed by atoms with Gasteiger partial charge in [0.15, 0.2) is 0 Å². The Labute approximate surface area is 151 Å². The molecule has 25 heavy (non-hydrogen) atoms. The van der Waals surface area contributed by atoms with Crippen molar-refractivity contribution in [1.82, 2.24) is 0 Å². The predicted octanol–water partition coefficient (Wildman–Crippen LogP) is 2.42. The molecule has 0 aliphatic carbocycles. The normalized spacial score (nSPS) is 12.0. The van der Waals surface area contributed by atoms with Crippen LogP contribution in [0.3, 0.4) is 0 Å². The fraction of sp³-hybridized carbons (Fsp3) is 0.619. The number of carboxylic acids is 2. The summed E-state index contributed by atoms with van der Waals surface area (Å²) in [6.07, 6.45) is 9.24. The number of benzene rings is 1. The summed E-state index contributed by atoms with van der Waals surface area (Å²) in [5, 5.41) is 21.9. The van der Waals surface area contributed by atoms with Gasteiger partial charge in [-0.15, -0.1) is 0 Å². The Kier molecular flexibility index (Phi) is 10.6. The second-order valence-corrected chi connectivity index (χ2v) is 6.77. The summed E-state index contributed by atoms with van der Waals surface area (Å²) < 4.78 is 0. The van der Waals surface area contributed by atoms with Gasteiger partial charge in [-0.05, 0) is 49.7 Å². The van der Waals surface area contributed by atoms with Crippen molar-refractivity contribution in [2.24, 2.45) is 5.92 Å². The van der Waals surface area contributed by atoms with Crippen molar-refractivity contribution in [1.29, 1.82) is 0 Å². The van der Waals surface area contributed by atoms with Crippen molar-refractivity contribution in [3.63, 3.8) is 0 Å². The highest BCUT2D eigenvalue weighted by molar-refractivity contribution is 5.68. The number of carbonyl (C=O) groups excluding carboxylic acids is 2. The van der Waals surface area contributed by atoms with Crippen molar-refractivity contribution in [3.05, 3.63) is 35.4 Å². The fourth-order valence-electron chi connectivity index (χ4n) is 3.16. The van der Waals surface area contributed by atoms with E-state index in [2.05, 4.69) is 13.0 Å². The molecule has 0 fully saturated rings. The molecule has 0 bridgehead atoms. The Bertz CT molecular complexity index is 524. The van der Waals surface area contributed by atoms with Crippen molar-refractivity contribution in [2.45, 2.75) is 77.6 Å². The van der Waals surface area contributed by atoms with Crippen LogP contribution in [0, 0.1) is 5.92 Å². The zero-order valence-corrected chi connectivity index (χ0v) is 15.3. The molecule has 140 valence electrons. The molecule has 1 aromatic carbocycles. The van der Waals surface area contributed by atoms with E-state index < -0.39 is 17.9 Å². The zero-order valence-electron chi connectivity index (χ0n) is 15.3. The largest absolute Gasteiger partial charge is 0.550 e. The van der Waals surface area contributed by atoms with E-state index in [9.17, 15) is 19.8 Å². The number of unbranched alkanes of at least 4 members (excludes halogenated alkanes) is 5. The molecule has 4 nitrogen and oxygen atoms in total. The third kappa shape index (κ3) is 9.28. The second-order valence-electron chi connectivity index (χ2n) is 6.77. The van der Waals surface area contributed by atoms with Crippen molar-refractivity contribution >= 4 is 11.9 Å². The summed E-state index contributed by atoms with van der Waals surface area (Å²) in [6, 6.07) is 7.95. The topological polar surface area (TPSA) is 80.3 Å². The van der Waals surface area contributed by atoms with E-state index in [0.717, 1.165) is 18.4 Å².